The van der Waals surface area contributed by atoms with E-state index < -0.39 is 0 Å². The number of hydrogen-bond donors (Lipinski definition) is 2. The largest absolute Gasteiger partial charge is 0.353 e. The summed E-state index contributed by atoms with van der Waals surface area (Å²) in [4.78, 5) is 43.4. The summed E-state index contributed by atoms with van der Waals surface area (Å²) in [6, 6.07) is 16.4. The number of rotatable bonds is 7. The SMILES string of the molecule is O=C(CN1C(=O)CN(C(=O)NCc2ccccc2)c2ccccc21)NCCN1CCCC1. The Morgan fingerprint density at radius 1 is 0.875 bits per heavy atom. The number of fused-ring (bicyclic) bond motifs is 1. The molecule has 0 saturated carbocycles. The highest BCUT2D eigenvalue weighted by atomic mass is 16.2. The van der Waals surface area contributed by atoms with Gasteiger partial charge in [-0.25, -0.2) is 4.79 Å². The smallest absolute Gasteiger partial charge is 0.322 e. The second kappa shape index (κ2) is 10.3. The zero-order chi connectivity index (χ0) is 22.3. The normalized spacial score (nSPS) is 16.1. The molecule has 2 aromatic carbocycles. The first-order valence-electron chi connectivity index (χ1n) is 11.1. The molecule has 0 aromatic heterocycles. The maximum atomic E-state index is 12.9. The second-order valence-electron chi connectivity index (χ2n) is 8.10. The van der Waals surface area contributed by atoms with E-state index >= 15 is 0 Å². The number of nitrogens with one attached hydrogen (secondary N) is 2. The maximum absolute atomic E-state index is 12.9. The Labute approximate surface area is 188 Å². The van der Waals surface area contributed by atoms with Crippen molar-refractivity contribution in [3.63, 3.8) is 0 Å². The van der Waals surface area contributed by atoms with Gasteiger partial charge < -0.3 is 15.5 Å². The van der Waals surface area contributed by atoms with E-state index in [1.54, 1.807) is 18.2 Å². The third-order valence-electron chi connectivity index (χ3n) is 5.84. The molecule has 1 saturated heterocycles. The number of likely N-dealkylation sites (tertiary alicyclic amines) is 1. The first-order valence-corrected chi connectivity index (χ1v) is 11.1. The average molecular weight is 436 g/mol. The van der Waals surface area contributed by atoms with E-state index in [4.69, 9.17) is 0 Å². The van der Waals surface area contributed by atoms with Crippen molar-refractivity contribution in [1.29, 1.82) is 0 Å². The van der Waals surface area contributed by atoms with Crippen LogP contribution in [0, 0.1) is 0 Å². The molecule has 4 amide bonds. The Hall–Kier alpha value is -3.39. The number of urea groups is 1. The predicted molar refractivity (Wildman–Crippen MR) is 124 cm³/mol. The molecule has 8 nitrogen and oxygen atoms in total. The number of benzene rings is 2. The molecular formula is C24H29N5O3. The van der Waals surface area contributed by atoms with Crippen LogP contribution in [0.25, 0.3) is 0 Å². The molecule has 1 fully saturated rings. The van der Waals surface area contributed by atoms with Crippen molar-refractivity contribution < 1.29 is 14.4 Å². The summed E-state index contributed by atoms with van der Waals surface area (Å²) in [7, 11) is 0. The number of hydrogen-bond acceptors (Lipinski definition) is 4. The van der Waals surface area contributed by atoms with Gasteiger partial charge in [0.1, 0.15) is 13.1 Å². The lowest BCUT2D eigenvalue weighted by molar-refractivity contribution is -0.123. The Balaban J connectivity index is 1.38. The minimum atomic E-state index is -0.343. The Bertz CT molecular complexity index is 959. The van der Waals surface area contributed by atoms with Crippen LogP contribution < -0.4 is 20.4 Å². The summed E-state index contributed by atoms with van der Waals surface area (Å²) in [5, 5.41) is 5.79. The first-order chi connectivity index (χ1) is 15.6. The van der Waals surface area contributed by atoms with Crippen LogP contribution in [-0.4, -0.2) is 62.0 Å². The van der Waals surface area contributed by atoms with Gasteiger partial charge >= 0.3 is 6.03 Å². The van der Waals surface area contributed by atoms with E-state index in [0.717, 1.165) is 25.2 Å². The lowest BCUT2D eigenvalue weighted by Crippen LogP contribution is -2.53. The summed E-state index contributed by atoms with van der Waals surface area (Å²) in [6.45, 7) is 3.75. The fraction of sp³-hybridized carbons (Fsp3) is 0.375. The Kier molecular flexibility index (Phi) is 7.01. The molecule has 168 valence electrons. The Morgan fingerprint density at radius 3 is 2.31 bits per heavy atom. The van der Waals surface area contributed by atoms with Crippen molar-refractivity contribution in [2.45, 2.75) is 19.4 Å². The number of amides is 4. The molecule has 2 aromatic rings. The van der Waals surface area contributed by atoms with E-state index in [0.29, 0.717) is 24.5 Å². The number of nitrogens with zero attached hydrogens (tertiary/aromatic N) is 3. The van der Waals surface area contributed by atoms with Crippen LogP contribution in [0.1, 0.15) is 18.4 Å². The highest BCUT2D eigenvalue weighted by Gasteiger charge is 2.33. The van der Waals surface area contributed by atoms with E-state index in [1.165, 1.54) is 22.6 Å². The third kappa shape index (κ3) is 5.26. The van der Waals surface area contributed by atoms with Gasteiger partial charge in [-0.3, -0.25) is 19.4 Å². The summed E-state index contributed by atoms with van der Waals surface area (Å²) in [5.41, 5.74) is 2.15. The molecule has 0 aliphatic carbocycles. The highest BCUT2D eigenvalue weighted by Crippen LogP contribution is 2.33. The molecule has 0 spiro atoms. The highest BCUT2D eigenvalue weighted by molar-refractivity contribution is 6.12. The topological polar surface area (TPSA) is 85.0 Å². The molecule has 2 heterocycles. The van der Waals surface area contributed by atoms with Gasteiger partial charge in [0.05, 0.1) is 11.4 Å². The predicted octanol–water partition coefficient (Wildman–Crippen LogP) is 1.96. The van der Waals surface area contributed by atoms with Crippen LogP contribution in [0.5, 0.6) is 0 Å². The quantitative estimate of drug-likeness (QED) is 0.696. The second-order valence-corrected chi connectivity index (χ2v) is 8.10. The summed E-state index contributed by atoms with van der Waals surface area (Å²) in [5.74, 6) is -0.484. The van der Waals surface area contributed by atoms with Crippen LogP contribution in [0.2, 0.25) is 0 Å². The molecule has 0 radical (unpaired) electrons. The first kappa shape index (κ1) is 21.8. The molecule has 8 heteroatoms. The van der Waals surface area contributed by atoms with Gasteiger partial charge in [0.25, 0.3) is 0 Å². The molecule has 0 unspecified atom stereocenters. The van der Waals surface area contributed by atoms with E-state index in [9.17, 15) is 14.4 Å². The van der Waals surface area contributed by atoms with Crippen LogP contribution in [0.4, 0.5) is 16.2 Å². The zero-order valence-electron chi connectivity index (χ0n) is 18.1. The van der Waals surface area contributed by atoms with E-state index in [-0.39, 0.29) is 30.9 Å². The Morgan fingerprint density at radius 2 is 1.56 bits per heavy atom. The van der Waals surface area contributed by atoms with Gasteiger partial charge in [0, 0.05) is 19.6 Å². The monoisotopic (exact) mass is 435 g/mol. The minimum Gasteiger partial charge on any atom is -0.353 e. The van der Waals surface area contributed by atoms with E-state index in [1.807, 2.05) is 36.4 Å². The number of anilines is 2. The van der Waals surface area contributed by atoms with Crippen LogP contribution in [0.3, 0.4) is 0 Å². The number of carbonyl (C=O) groups excluding carboxylic acids is 3. The van der Waals surface area contributed by atoms with Gasteiger partial charge in [-0.05, 0) is 43.6 Å². The van der Waals surface area contributed by atoms with Crippen molar-refractivity contribution in [3.05, 3.63) is 60.2 Å². The fourth-order valence-corrected chi connectivity index (χ4v) is 4.14. The molecule has 4 rings (SSSR count). The summed E-state index contributed by atoms with van der Waals surface area (Å²) >= 11 is 0. The molecule has 0 atom stereocenters. The van der Waals surface area contributed by atoms with Crippen LogP contribution >= 0.6 is 0 Å². The van der Waals surface area contributed by atoms with Crippen molar-refractivity contribution in [3.8, 4) is 0 Å². The van der Waals surface area contributed by atoms with Crippen molar-refractivity contribution >= 4 is 29.2 Å². The average Bonchev–Trinajstić information content (AvgIpc) is 3.33. The third-order valence-corrected chi connectivity index (χ3v) is 5.84. The lowest BCUT2D eigenvalue weighted by atomic mass is 10.1. The van der Waals surface area contributed by atoms with Gasteiger partial charge in [0.15, 0.2) is 0 Å². The zero-order valence-corrected chi connectivity index (χ0v) is 18.1. The standard InChI is InChI=1S/C24H29N5O3/c30-22(25-12-15-27-13-6-7-14-27)17-28-20-10-4-5-11-21(20)29(18-23(28)31)24(32)26-16-19-8-2-1-3-9-19/h1-5,8-11H,6-7,12-18H2,(H,25,30)(H,26,32). The molecule has 2 aliphatic rings. The fourth-order valence-electron chi connectivity index (χ4n) is 4.14. The molecule has 0 bridgehead atoms. The molecular weight excluding hydrogens is 406 g/mol. The van der Waals surface area contributed by atoms with Crippen LogP contribution in [-0.2, 0) is 16.1 Å². The lowest BCUT2D eigenvalue weighted by Gasteiger charge is -2.35. The van der Waals surface area contributed by atoms with Gasteiger partial charge in [-0.2, -0.15) is 0 Å². The van der Waals surface area contributed by atoms with Crippen LogP contribution in [0.15, 0.2) is 54.6 Å². The van der Waals surface area contributed by atoms with Crippen molar-refractivity contribution in [1.82, 2.24) is 15.5 Å². The van der Waals surface area contributed by atoms with Gasteiger partial charge in [-0.1, -0.05) is 42.5 Å². The summed E-state index contributed by atoms with van der Waals surface area (Å²) in [6.07, 6.45) is 2.42. The molecule has 2 aliphatic heterocycles. The van der Waals surface area contributed by atoms with Crippen molar-refractivity contribution in [2.75, 3.05) is 49.1 Å². The maximum Gasteiger partial charge on any atom is 0.322 e. The van der Waals surface area contributed by atoms with Gasteiger partial charge in [0.2, 0.25) is 11.8 Å². The van der Waals surface area contributed by atoms with Crippen molar-refractivity contribution in [2.24, 2.45) is 0 Å². The summed E-state index contributed by atoms with van der Waals surface area (Å²) < 4.78 is 0. The number of para-hydroxylation sites is 2. The van der Waals surface area contributed by atoms with E-state index in [2.05, 4.69) is 15.5 Å². The molecule has 32 heavy (non-hydrogen) atoms. The number of carbonyl (C=O) groups is 3. The molecule has 2 N–H and O–H groups in total. The van der Waals surface area contributed by atoms with Gasteiger partial charge in [-0.15, -0.1) is 0 Å². The minimum absolute atomic E-state index is 0.0602.